The SMILES string of the molecule is COc1ccc2c(c1)[C@@H]1CC[C@H]3C(=O)N(C)C(=O)[C@@]3(C2)C1. The molecule has 2 aliphatic carbocycles. The third kappa shape index (κ3) is 1.50. The lowest BCUT2D eigenvalue weighted by atomic mass is 9.56. The second-order valence-corrected chi connectivity index (χ2v) is 6.63. The van der Waals surface area contributed by atoms with Crippen molar-refractivity contribution >= 4 is 11.8 Å². The van der Waals surface area contributed by atoms with Gasteiger partial charge in [0.25, 0.3) is 0 Å². The summed E-state index contributed by atoms with van der Waals surface area (Å²) in [6, 6.07) is 6.13. The average Bonchev–Trinajstić information content (AvgIpc) is 2.68. The van der Waals surface area contributed by atoms with Crippen LogP contribution in [0.4, 0.5) is 0 Å². The Balaban J connectivity index is 1.83. The molecule has 1 heterocycles. The Morgan fingerprint density at radius 3 is 2.86 bits per heavy atom. The molecule has 0 unspecified atom stereocenters. The number of amides is 2. The van der Waals surface area contributed by atoms with E-state index in [1.807, 2.05) is 6.07 Å². The minimum atomic E-state index is -0.476. The minimum absolute atomic E-state index is 0.0235. The second-order valence-electron chi connectivity index (χ2n) is 6.63. The van der Waals surface area contributed by atoms with Crippen molar-refractivity contribution in [2.45, 2.75) is 31.6 Å². The van der Waals surface area contributed by atoms with Crippen LogP contribution in [0.2, 0.25) is 0 Å². The van der Waals surface area contributed by atoms with Gasteiger partial charge in [-0.2, -0.15) is 0 Å². The van der Waals surface area contributed by atoms with Gasteiger partial charge in [-0.1, -0.05) is 6.07 Å². The van der Waals surface area contributed by atoms with E-state index >= 15 is 0 Å². The summed E-state index contributed by atoms with van der Waals surface area (Å²) >= 11 is 0. The first kappa shape index (κ1) is 12.9. The Kier molecular flexibility index (Phi) is 2.51. The Morgan fingerprint density at radius 2 is 2.10 bits per heavy atom. The van der Waals surface area contributed by atoms with Crippen molar-refractivity contribution in [1.29, 1.82) is 0 Å². The van der Waals surface area contributed by atoms with Crippen LogP contribution in [0.3, 0.4) is 0 Å². The van der Waals surface area contributed by atoms with Gasteiger partial charge in [0, 0.05) is 7.05 Å². The van der Waals surface area contributed by atoms with Crippen LogP contribution in [0, 0.1) is 11.3 Å². The number of methoxy groups -OCH3 is 1. The van der Waals surface area contributed by atoms with E-state index in [4.69, 9.17) is 4.74 Å². The zero-order valence-corrected chi connectivity index (χ0v) is 12.4. The Morgan fingerprint density at radius 1 is 1.29 bits per heavy atom. The molecule has 2 fully saturated rings. The van der Waals surface area contributed by atoms with Gasteiger partial charge in [-0.15, -0.1) is 0 Å². The van der Waals surface area contributed by atoms with Crippen molar-refractivity contribution in [3.05, 3.63) is 29.3 Å². The van der Waals surface area contributed by atoms with Gasteiger partial charge in [0.2, 0.25) is 11.8 Å². The molecule has 1 aromatic rings. The van der Waals surface area contributed by atoms with Gasteiger partial charge in [-0.05, 0) is 54.9 Å². The fourth-order valence-corrected chi connectivity index (χ4v) is 4.71. The van der Waals surface area contributed by atoms with Gasteiger partial charge in [-0.3, -0.25) is 14.5 Å². The summed E-state index contributed by atoms with van der Waals surface area (Å²) in [5, 5.41) is 0. The molecule has 1 saturated heterocycles. The van der Waals surface area contributed by atoms with Crippen LogP contribution in [-0.2, 0) is 16.0 Å². The first-order valence-corrected chi connectivity index (χ1v) is 7.55. The molecule has 3 aliphatic rings. The maximum Gasteiger partial charge on any atom is 0.236 e. The smallest absolute Gasteiger partial charge is 0.236 e. The number of carbonyl (C=O) groups is 2. The van der Waals surface area contributed by atoms with Crippen molar-refractivity contribution in [3.63, 3.8) is 0 Å². The molecule has 110 valence electrons. The average molecular weight is 285 g/mol. The molecule has 1 aliphatic heterocycles. The number of ether oxygens (including phenoxy) is 1. The second kappa shape index (κ2) is 4.09. The molecule has 0 N–H and O–H groups in total. The van der Waals surface area contributed by atoms with Crippen LogP contribution in [0.5, 0.6) is 5.75 Å². The molecule has 21 heavy (non-hydrogen) atoms. The lowest BCUT2D eigenvalue weighted by molar-refractivity contribution is -0.140. The largest absolute Gasteiger partial charge is 0.497 e. The highest BCUT2D eigenvalue weighted by Crippen LogP contribution is 2.58. The van der Waals surface area contributed by atoms with Crippen molar-refractivity contribution in [1.82, 2.24) is 4.90 Å². The summed E-state index contributed by atoms with van der Waals surface area (Å²) in [5.41, 5.74) is 2.05. The number of nitrogens with zero attached hydrogens (tertiary/aromatic N) is 1. The molecule has 1 spiro atoms. The van der Waals surface area contributed by atoms with Gasteiger partial charge in [-0.25, -0.2) is 0 Å². The lowest BCUT2D eigenvalue weighted by Gasteiger charge is -2.44. The fourth-order valence-electron chi connectivity index (χ4n) is 4.71. The quantitative estimate of drug-likeness (QED) is 0.743. The van der Waals surface area contributed by atoms with Crippen LogP contribution >= 0.6 is 0 Å². The molecule has 4 heteroatoms. The monoisotopic (exact) mass is 285 g/mol. The molecular formula is C17H19NO3. The number of fused-ring (bicyclic) bond motifs is 3. The Bertz CT molecular complexity index is 653. The van der Waals surface area contributed by atoms with Crippen LogP contribution in [-0.4, -0.2) is 30.9 Å². The number of hydrogen-bond donors (Lipinski definition) is 0. The summed E-state index contributed by atoms with van der Waals surface area (Å²) in [6.07, 6.45) is 3.32. The number of benzene rings is 1. The normalized spacial score (nSPS) is 33.7. The predicted octanol–water partition coefficient (Wildman–Crippen LogP) is 2.12. The number of likely N-dealkylation sites (tertiary alicyclic amines) is 1. The number of imide groups is 1. The van der Waals surface area contributed by atoms with Crippen LogP contribution in [0.1, 0.15) is 36.3 Å². The molecule has 3 atom stereocenters. The standard InChI is InChI=1S/C17H19NO3/c1-18-15(19)14-6-4-11-9-17(14,16(18)20)8-10-3-5-12(21-2)7-13(10)11/h3,5,7,11,14H,4,6,8-9H2,1-2H3/t11-,14+,17+/m1/s1. The molecule has 4 rings (SSSR count). The first-order chi connectivity index (χ1) is 10.1. The van der Waals surface area contributed by atoms with E-state index in [9.17, 15) is 9.59 Å². The van der Waals surface area contributed by atoms with Gasteiger partial charge in [0.15, 0.2) is 0 Å². The van der Waals surface area contributed by atoms with Crippen LogP contribution < -0.4 is 4.74 Å². The summed E-state index contributed by atoms with van der Waals surface area (Å²) < 4.78 is 5.33. The number of hydrogen-bond acceptors (Lipinski definition) is 3. The Labute approximate surface area is 124 Å². The van der Waals surface area contributed by atoms with E-state index in [0.717, 1.165) is 25.0 Å². The third-order valence-corrected chi connectivity index (χ3v) is 5.74. The summed E-state index contributed by atoms with van der Waals surface area (Å²) in [4.78, 5) is 26.4. The van der Waals surface area contributed by atoms with E-state index in [-0.39, 0.29) is 17.7 Å². The van der Waals surface area contributed by atoms with Crippen LogP contribution in [0.15, 0.2) is 18.2 Å². The van der Waals surface area contributed by atoms with Gasteiger partial charge >= 0.3 is 0 Å². The molecule has 2 bridgehead atoms. The number of carbonyl (C=O) groups excluding carboxylic acids is 2. The van der Waals surface area contributed by atoms with Gasteiger partial charge in [0.05, 0.1) is 18.4 Å². The van der Waals surface area contributed by atoms with Crippen LogP contribution in [0.25, 0.3) is 0 Å². The maximum atomic E-state index is 12.7. The van der Waals surface area contributed by atoms with E-state index in [2.05, 4.69) is 12.1 Å². The highest BCUT2D eigenvalue weighted by atomic mass is 16.5. The van der Waals surface area contributed by atoms with E-state index in [0.29, 0.717) is 12.3 Å². The highest BCUT2D eigenvalue weighted by Gasteiger charge is 2.61. The van der Waals surface area contributed by atoms with Crippen molar-refractivity contribution < 1.29 is 14.3 Å². The van der Waals surface area contributed by atoms with Crippen molar-refractivity contribution in [2.24, 2.45) is 11.3 Å². The van der Waals surface area contributed by atoms with E-state index in [1.165, 1.54) is 16.0 Å². The lowest BCUT2D eigenvalue weighted by Crippen LogP contribution is -2.44. The summed E-state index contributed by atoms with van der Waals surface area (Å²) in [5.74, 6) is 1.20. The number of rotatable bonds is 1. The van der Waals surface area contributed by atoms with Crippen molar-refractivity contribution in [2.75, 3.05) is 14.2 Å². The molecule has 0 radical (unpaired) electrons. The molecular weight excluding hydrogens is 266 g/mol. The zero-order chi connectivity index (χ0) is 14.8. The zero-order valence-electron chi connectivity index (χ0n) is 12.4. The molecule has 1 saturated carbocycles. The molecule has 0 aromatic heterocycles. The molecule has 1 aromatic carbocycles. The summed E-state index contributed by atoms with van der Waals surface area (Å²) in [7, 11) is 3.31. The topological polar surface area (TPSA) is 46.6 Å². The van der Waals surface area contributed by atoms with E-state index < -0.39 is 5.41 Å². The molecule has 4 nitrogen and oxygen atoms in total. The first-order valence-electron chi connectivity index (χ1n) is 7.55. The van der Waals surface area contributed by atoms with Gasteiger partial charge < -0.3 is 4.74 Å². The molecule has 2 amide bonds. The van der Waals surface area contributed by atoms with E-state index in [1.54, 1.807) is 14.2 Å². The van der Waals surface area contributed by atoms with Gasteiger partial charge in [0.1, 0.15) is 5.75 Å². The maximum absolute atomic E-state index is 12.7. The Hall–Kier alpha value is -1.84. The third-order valence-electron chi connectivity index (χ3n) is 5.74. The van der Waals surface area contributed by atoms with Crippen molar-refractivity contribution in [3.8, 4) is 5.75 Å². The summed E-state index contributed by atoms with van der Waals surface area (Å²) in [6.45, 7) is 0. The minimum Gasteiger partial charge on any atom is -0.497 e. The fraction of sp³-hybridized carbons (Fsp3) is 0.529. The highest BCUT2D eigenvalue weighted by molar-refractivity contribution is 6.07. The predicted molar refractivity (Wildman–Crippen MR) is 77.0 cm³/mol.